The number of rotatable bonds is 6. The lowest BCUT2D eigenvalue weighted by Gasteiger charge is -2.10. The Morgan fingerprint density at radius 2 is 1.82 bits per heavy atom. The Morgan fingerprint density at radius 3 is 2.64 bits per heavy atom. The number of hydrogen-bond donors (Lipinski definition) is 1. The second-order valence-electron chi connectivity index (χ2n) is 7.25. The van der Waals surface area contributed by atoms with E-state index in [9.17, 15) is 14.4 Å². The highest BCUT2D eigenvalue weighted by molar-refractivity contribution is 9.10. The zero-order chi connectivity index (χ0) is 23.2. The summed E-state index contributed by atoms with van der Waals surface area (Å²) >= 11 is 3.17. The molecule has 0 fully saturated rings. The average molecular weight is 501 g/mol. The Kier molecular flexibility index (Phi) is 6.82. The highest BCUT2D eigenvalue weighted by Gasteiger charge is 2.12. The summed E-state index contributed by atoms with van der Waals surface area (Å²) in [7, 11) is 0. The maximum Gasteiger partial charge on any atom is 0.266 e. The van der Waals surface area contributed by atoms with Crippen LogP contribution in [0.3, 0.4) is 0 Å². The van der Waals surface area contributed by atoms with Gasteiger partial charge in [-0.1, -0.05) is 70.5 Å². The van der Waals surface area contributed by atoms with Gasteiger partial charge in [-0.15, -0.1) is 0 Å². The number of halogens is 2. The third-order valence-corrected chi connectivity index (χ3v) is 5.48. The van der Waals surface area contributed by atoms with E-state index < -0.39 is 11.7 Å². The molecule has 0 saturated heterocycles. The molecule has 0 unspecified atom stereocenters. The molecule has 6 heteroatoms. The summed E-state index contributed by atoms with van der Waals surface area (Å²) in [5, 5.41) is 14.2. The Balaban J connectivity index is 1.50. The van der Waals surface area contributed by atoms with E-state index in [1.807, 2.05) is 36.4 Å². The highest BCUT2D eigenvalue weighted by atomic mass is 79.9. The summed E-state index contributed by atoms with van der Waals surface area (Å²) in [5.74, 6) is -0.687. The molecule has 4 aromatic rings. The van der Waals surface area contributed by atoms with Crippen molar-refractivity contribution in [2.24, 2.45) is 0 Å². The van der Waals surface area contributed by atoms with Crippen molar-refractivity contribution in [2.75, 3.05) is 5.32 Å². The van der Waals surface area contributed by atoms with Crippen LogP contribution in [0.4, 0.5) is 10.1 Å². The minimum absolute atomic E-state index is 0.00322. The normalized spacial score (nSPS) is 11.1. The first kappa shape index (κ1) is 22.3. The first-order valence-electron chi connectivity index (χ1n) is 10.1. The predicted octanol–water partition coefficient (Wildman–Crippen LogP) is 6.87. The van der Waals surface area contributed by atoms with Crippen LogP contribution < -0.4 is 10.1 Å². The summed E-state index contributed by atoms with van der Waals surface area (Å²) in [6, 6.07) is 27.4. The van der Waals surface area contributed by atoms with Crippen LogP contribution in [-0.2, 0) is 11.4 Å². The molecule has 0 radical (unpaired) electrons. The van der Waals surface area contributed by atoms with Gasteiger partial charge in [0.15, 0.2) is 0 Å². The Labute approximate surface area is 199 Å². The van der Waals surface area contributed by atoms with Crippen molar-refractivity contribution in [3.8, 4) is 11.8 Å². The zero-order valence-electron chi connectivity index (χ0n) is 17.4. The molecule has 4 rings (SSSR count). The second-order valence-corrected chi connectivity index (χ2v) is 8.16. The molecule has 0 aromatic heterocycles. The van der Waals surface area contributed by atoms with Gasteiger partial charge in [-0.2, -0.15) is 5.26 Å². The smallest absolute Gasteiger partial charge is 0.266 e. The molecule has 0 aliphatic rings. The molecule has 0 spiro atoms. The van der Waals surface area contributed by atoms with Crippen molar-refractivity contribution in [3.63, 3.8) is 0 Å². The molecule has 33 heavy (non-hydrogen) atoms. The minimum atomic E-state index is -0.694. The number of nitrogens with zero attached hydrogens (tertiary/aromatic N) is 1. The minimum Gasteiger partial charge on any atom is -0.489 e. The van der Waals surface area contributed by atoms with E-state index >= 15 is 0 Å². The van der Waals surface area contributed by atoms with E-state index in [4.69, 9.17) is 4.74 Å². The lowest BCUT2D eigenvalue weighted by atomic mass is 10.1. The van der Waals surface area contributed by atoms with Crippen LogP contribution in [0.2, 0.25) is 0 Å². The molecule has 1 amide bonds. The maximum absolute atomic E-state index is 14.0. The van der Waals surface area contributed by atoms with Gasteiger partial charge in [-0.05, 0) is 58.3 Å². The number of ether oxygens (including phenoxy) is 1. The standard InChI is InChI=1S/C27H18BrFN2O2/c28-22-11-12-26(25(29)15-22)31-27(32)21(16-30)13-18-5-3-9-23(14-18)33-17-20-8-4-7-19-6-1-2-10-24(19)20/h1-15H,17H2,(H,31,32)/b21-13+. The van der Waals surface area contributed by atoms with Gasteiger partial charge in [0.05, 0.1) is 5.69 Å². The SMILES string of the molecule is N#C/C(=C\c1cccc(OCc2cccc3ccccc23)c1)C(=O)Nc1ccc(Br)cc1F. The molecule has 4 nitrogen and oxygen atoms in total. The van der Waals surface area contributed by atoms with Gasteiger partial charge in [0, 0.05) is 4.47 Å². The number of anilines is 1. The first-order chi connectivity index (χ1) is 16.0. The van der Waals surface area contributed by atoms with Gasteiger partial charge >= 0.3 is 0 Å². The van der Waals surface area contributed by atoms with Crippen LogP contribution >= 0.6 is 15.9 Å². The molecule has 4 aromatic carbocycles. The Hall–Kier alpha value is -3.95. The largest absolute Gasteiger partial charge is 0.489 e. The average Bonchev–Trinajstić information content (AvgIpc) is 2.83. The number of amides is 1. The molecule has 0 aliphatic carbocycles. The summed E-state index contributed by atoms with van der Waals surface area (Å²) < 4.78 is 20.5. The Bertz CT molecular complexity index is 1400. The Morgan fingerprint density at radius 1 is 1.03 bits per heavy atom. The van der Waals surface area contributed by atoms with Crippen LogP contribution in [0.5, 0.6) is 5.75 Å². The predicted molar refractivity (Wildman–Crippen MR) is 131 cm³/mol. The van der Waals surface area contributed by atoms with Crippen LogP contribution in [0, 0.1) is 17.1 Å². The molecule has 162 valence electrons. The fourth-order valence-electron chi connectivity index (χ4n) is 3.37. The third kappa shape index (κ3) is 5.46. The number of fused-ring (bicyclic) bond motifs is 1. The van der Waals surface area contributed by atoms with Gasteiger partial charge in [-0.25, -0.2) is 4.39 Å². The van der Waals surface area contributed by atoms with Gasteiger partial charge < -0.3 is 10.1 Å². The van der Waals surface area contributed by atoms with Crippen molar-refractivity contribution in [2.45, 2.75) is 6.61 Å². The van der Waals surface area contributed by atoms with E-state index in [0.29, 0.717) is 22.4 Å². The van der Waals surface area contributed by atoms with E-state index in [-0.39, 0.29) is 11.3 Å². The molecular formula is C27H18BrFN2O2. The zero-order valence-corrected chi connectivity index (χ0v) is 19.0. The molecule has 0 bridgehead atoms. The maximum atomic E-state index is 14.0. The summed E-state index contributed by atoms with van der Waals surface area (Å²) in [6.45, 7) is 0.378. The quantitative estimate of drug-likeness (QED) is 0.232. The van der Waals surface area contributed by atoms with Crippen molar-refractivity contribution in [1.82, 2.24) is 0 Å². The van der Waals surface area contributed by atoms with Crippen LogP contribution in [0.1, 0.15) is 11.1 Å². The number of hydrogen-bond acceptors (Lipinski definition) is 3. The number of nitrogens with one attached hydrogen (secondary N) is 1. The highest BCUT2D eigenvalue weighted by Crippen LogP contribution is 2.23. The molecule has 0 atom stereocenters. The fraction of sp³-hybridized carbons (Fsp3) is 0.0370. The molecule has 0 saturated carbocycles. The monoisotopic (exact) mass is 500 g/mol. The van der Waals surface area contributed by atoms with Crippen LogP contribution in [0.15, 0.2) is 95.0 Å². The number of benzene rings is 4. The number of carbonyl (C=O) groups is 1. The fourth-order valence-corrected chi connectivity index (χ4v) is 3.70. The van der Waals surface area contributed by atoms with Gasteiger partial charge in [-0.3, -0.25) is 4.79 Å². The molecular weight excluding hydrogens is 483 g/mol. The lowest BCUT2D eigenvalue weighted by molar-refractivity contribution is -0.112. The summed E-state index contributed by atoms with van der Waals surface area (Å²) in [6.07, 6.45) is 1.44. The summed E-state index contributed by atoms with van der Waals surface area (Å²) in [5.41, 5.74) is 1.52. The van der Waals surface area contributed by atoms with Gasteiger partial charge in [0.25, 0.3) is 5.91 Å². The number of nitriles is 1. The molecule has 0 aliphatic heterocycles. The van der Waals surface area contributed by atoms with Crippen LogP contribution in [-0.4, -0.2) is 5.91 Å². The van der Waals surface area contributed by atoms with Crippen molar-refractivity contribution in [1.29, 1.82) is 5.26 Å². The lowest BCUT2D eigenvalue weighted by Crippen LogP contribution is -2.14. The first-order valence-corrected chi connectivity index (χ1v) is 10.9. The molecule has 1 N–H and O–H groups in total. The van der Waals surface area contributed by atoms with Crippen LogP contribution in [0.25, 0.3) is 16.8 Å². The van der Waals surface area contributed by atoms with E-state index in [0.717, 1.165) is 16.3 Å². The van der Waals surface area contributed by atoms with E-state index in [1.54, 1.807) is 24.3 Å². The van der Waals surface area contributed by atoms with Gasteiger partial charge in [0.2, 0.25) is 0 Å². The van der Waals surface area contributed by atoms with Gasteiger partial charge in [0.1, 0.15) is 29.8 Å². The van der Waals surface area contributed by atoms with Crippen molar-refractivity contribution >= 4 is 44.4 Å². The summed E-state index contributed by atoms with van der Waals surface area (Å²) in [4.78, 5) is 12.5. The molecule has 0 heterocycles. The van der Waals surface area contributed by atoms with Crippen molar-refractivity contribution < 1.29 is 13.9 Å². The van der Waals surface area contributed by atoms with E-state index in [1.165, 1.54) is 18.2 Å². The number of carbonyl (C=O) groups excluding carboxylic acids is 1. The topological polar surface area (TPSA) is 62.1 Å². The second kappa shape index (κ2) is 10.1. The van der Waals surface area contributed by atoms with E-state index in [2.05, 4.69) is 39.4 Å². The third-order valence-electron chi connectivity index (χ3n) is 4.99. The van der Waals surface area contributed by atoms with Crippen molar-refractivity contribution in [3.05, 3.63) is 112 Å².